The van der Waals surface area contributed by atoms with Crippen molar-refractivity contribution < 1.29 is 17.6 Å². The molecule has 1 aromatic heterocycles. The van der Waals surface area contributed by atoms with E-state index in [0.717, 1.165) is 17.7 Å². The van der Waals surface area contributed by atoms with Crippen LogP contribution in [0.2, 0.25) is 0 Å². The van der Waals surface area contributed by atoms with E-state index in [1.165, 1.54) is 22.7 Å². The van der Waals surface area contributed by atoms with E-state index in [0.29, 0.717) is 41.9 Å². The number of hydrogen-bond acceptors (Lipinski definition) is 4. The van der Waals surface area contributed by atoms with Crippen LogP contribution in [-0.2, 0) is 22.9 Å². The number of aryl methyl sites for hydroxylation is 1. The van der Waals surface area contributed by atoms with E-state index in [9.17, 15) is 17.6 Å². The number of fused-ring (bicyclic) bond motifs is 1. The van der Waals surface area contributed by atoms with Crippen molar-refractivity contribution in [3.05, 3.63) is 71.2 Å². The molecule has 0 saturated carbocycles. The van der Waals surface area contributed by atoms with Crippen molar-refractivity contribution in [3.63, 3.8) is 0 Å². The fourth-order valence-electron chi connectivity index (χ4n) is 4.36. The number of anilines is 1. The van der Waals surface area contributed by atoms with E-state index >= 15 is 0 Å². The highest BCUT2D eigenvalue weighted by molar-refractivity contribution is 7.92. The van der Waals surface area contributed by atoms with Gasteiger partial charge in [0, 0.05) is 36.5 Å². The van der Waals surface area contributed by atoms with Crippen LogP contribution < -0.4 is 4.31 Å². The summed E-state index contributed by atoms with van der Waals surface area (Å²) in [5, 5.41) is 7.23. The van der Waals surface area contributed by atoms with Crippen LogP contribution in [0.1, 0.15) is 35.0 Å². The largest absolute Gasteiger partial charge is 0.342 e. The fraction of sp³-hybridized carbons (Fsp3) is 0.333. The number of aromatic amines is 1. The molecular weight excluding hydrogens is 443 g/mol. The first-order chi connectivity index (χ1) is 15.6. The molecule has 1 atom stereocenters. The predicted octanol–water partition coefficient (Wildman–Crippen LogP) is 3.63. The van der Waals surface area contributed by atoms with Gasteiger partial charge in [-0.1, -0.05) is 12.1 Å². The van der Waals surface area contributed by atoms with E-state index in [2.05, 4.69) is 10.2 Å². The number of carbonyl (C=O) groups is 1. The van der Waals surface area contributed by atoms with Gasteiger partial charge in [-0.3, -0.25) is 14.2 Å². The van der Waals surface area contributed by atoms with Crippen LogP contribution in [0.4, 0.5) is 10.1 Å². The molecule has 0 saturated heterocycles. The molecule has 0 fully saturated rings. The van der Waals surface area contributed by atoms with Gasteiger partial charge in [-0.15, -0.1) is 0 Å². The molecule has 1 N–H and O–H groups in total. The van der Waals surface area contributed by atoms with Crippen LogP contribution in [0.3, 0.4) is 0 Å². The van der Waals surface area contributed by atoms with Crippen LogP contribution in [0.15, 0.2) is 48.5 Å². The van der Waals surface area contributed by atoms with Crippen LogP contribution in [0, 0.1) is 5.82 Å². The Labute approximate surface area is 193 Å². The van der Waals surface area contributed by atoms with Crippen LogP contribution >= 0.6 is 0 Å². The number of nitrogens with one attached hydrogen (secondary N) is 1. The molecular formula is C24H27FN4O3S. The Morgan fingerprint density at radius 2 is 2.03 bits per heavy atom. The van der Waals surface area contributed by atoms with E-state index in [1.54, 1.807) is 36.2 Å². The molecule has 0 spiro atoms. The number of rotatable bonds is 7. The molecule has 1 amide bonds. The molecule has 9 heteroatoms. The van der Waals surface area contributed by atoms with Crippen molar-refractivity contribution >= 4 is 21.6 Å². The van der Waals surface area contributed by atoms with Gasteiger partial charge in [-0.05, 0) is 68.1 Å². The van der Waals surface area contributed by atoms with Gasteiger partial charge in [0.15, 0.2) is 0 Å². The Bertz CT molecular complexity index is 1290. The average Bonchev–Trinajstić information content (AvgIpc) is 3.35. The molecule has 3 aromatic rings. The molecule has 2 heterocycles. The highest BCUT2D eigenvalue weighted by Crippen LogP contribution is 2.34. The number of hydrogen-bond donors (Lipinski definition) is 1. The third-order valence-electron chi connectivity index (χ3n) is 5.87. The second kappa shape index (κ2) is 8.97. The maximum absolute atomic E-state index is 13.4. The van der Waals surface area contributed by atoms with E-state index in [1.807, 2.05) is 19.1 Å². The first-order valence-corrected chi connectivity index (χ1v) is 12.7. The maximum Gasteiger partial charge on any atom is 0.253 e. The summed E-state index contributed by atoms with van der Waals surface area (Å²) in [5.41, 5.74) is 4.39. The predicted molar refractivity (Wildman–Crippen MR) is 126 cm³/mol. The summed E-state index contributed by atoms with van der Waals surface area (Å²) in [5.74, 6) is -0.407. The molecule has 0 bridgehead atoms. The standard InChI is InChI=1S/C24H27FN4O3S/c1-16-12-19-13-18(9-10-23(19)29(16)33(3,31)32)24(30)28(2)11-5-8-21-15-22(27-26-21)17-6-4-7-20(25)14-17/h4,6-7,9-10,13-16H,5,8,11-12H2,1-3H3,(H,26,27). The molecule has 1 unspecified atom stereocenters. The number of carbonyl (C=O) groups excluding carboxylic acids is 1. The molecule has 0 radical (unpaired) electrons. The molecule has 1 aliphatic heterocycles. The zero-order valence-electron chi connectivity index (χ0n) is 18.9. The summed E-state index contributed by atoms with van der Waals surface area (Å²) in [6, 6.07) is 13.2. The first-order valence-electron chi connectivity index (χ1n) is 10.8. The third-order valence-corrected chi connectivity index (χ3v) is 7.15. The van der Waals surface area contributed by atoms with Crippen LogP contribution in [0.25, 0.3) is 11.3 Å². The zero-order chi connectivity index (χ0) is 23.8. The van der Waals surface area contributed by atoms with Gasteiger partial charge in [-0.25, -0.2) is 12.8 Å². The highest BCUT2D eigenvalue weighted by atomic mass is 32.2. The lowest BCUT2D eigenvalue weighted by molar-refractivity contribution is 0.0793. The average molecular weight is 471 g/mol. The second-order valence-electron chi connectivity index (χ2n) is 8.57. The molecule has 174 valence electrons. The molecule has 2 aromatic carbocycles. The Kier molecular flexibility index (Phi) is 6.25. The number of H-pyrrole nitrogens is 1. The smallest absolute Gasteiger partial charge is 0.253 e. The van der Waals surface area contributed by atoms with Gasteiger partial charge in [0.25, 0.3) is 5.91 Å². The number of halogens is 1. The number of aromatic nitrogens is 2. The lowest BCUT2D eigenvalue weighted by Crippen LogP contribution is -2.34. The fourth-order valence-corrected chi connectivity index (χ4v) is 5.62. The minimum absolute atomic E-state index is 0.103. The minimum Gasteiger partial charge on any atom is -0.342 e. The zero-order valence-corrected chi connectivity index (χ0v) is 19.7. The summed E-state index contributed by atoms with van der Waals surface area (Å²) in [4.78, 5) is 14.6. The molecule has 1 aliphatic rings. The SMILES string of the molecule is CC1Cc2cc(C(=O)N(C)CCCc3cc(-c4cccc(F)c4)n[nH]3)ccc2N1S(C)(=O)=O. The van der Waals surface area contributed by atoms with Gasteiger partial charge in [-0.2, -0.15) is 5.10 Å². The van der Waals surface area contributed by atoms with Crippen molar-refractivity contribution in [2.24, 2.45) is 0 Å². The summed E-state index contributed by atoms with van der Waals surface area (Å²) < 4.78 is 39.0. The quantitative estimate of drug-likeness (QED) is 0.571. The van der Waals surface area contributed by atoms with Crippen molar-refractivity contribution in [2.75, 3.05) is 24.2 Å². The lowest BCUT2D eigenvalue weighted by atomic mass is 10.1. The van der Waals surface area contributed by atoms with Gasteiger partial charge in [0.1, 0.15) is 5.82 Å². The van der Waals surface area contributed by atoms with Gasteiger partial charge < -0.3 is 4.90 Å². The monoisotopic (exact) mass is 470 g/mol. The third kappa shape index (κ3) is 4.93. The number of benzene rings is 2. The van der Waals surface area contributed by atoms with Crippen LogP contribution in [0.5, 0.6) is 0 Å². The first kappa shape index (κ1) is 23.0. The Hall–Kier alpha value is -3.20. The van der Waals surface area contributed by atoms with Crippen molar-refractivity contribution in [1.29, 1.82) is 0 Å². The van der Waals surface area contributed by atoms with Crippen molar-refractivity contribution in [1.82, 2.24) is 15.1 Å². The molecule has 33 heavy (non-hydrogen) atoms. The summed E-state index contributed by atoms with van der Waals surface area (Å²) in [6.45, 7) is 2.42. The van der Waals surface area contributed by atoms with Crippen LogP contribution in [-0.4, -0.2) is 55.3 Å². The van der Waals surface area contributed by atoms with E-state index in [4.69, 9.17) is 0 Å². The van der Waals surface area contributed by atoms with E-state index < -0.39 is 10.0 Å². The molecule has 4 rings (SSSR count). The Morgan fingerprint density at radius 1 is 1.24 bits per heavy atom. The lowest BCUT2D eigenvalue weighted by Gasteiger charge is -2.22. The van der Waals surface area contributed by atoms with Gasteiger partial charge >= 0.3 is 0 Å². The Balaban J connectivity index is 1.36. The summed E-state index contributed by atoms with van der Waals surface area (Å²) in [7, 11) is -1.60. The summed E-state index contributed by atoms with van der Waals surface area (Å²) in [6.07, 6.45) is 3.22. The van der Waals surface area contributed by atoms with Crippen molar-refractivity contribution in [3.8, 4) is 11.3 Å². The maximum atomic E-state index is 13.4. The number of sulfonamides is 1. The summed E-state index contributed by atoms with van der Waals surface area (Å²) >= 11 is 0. The molecule has 0 aliphatic carbocycles. The van der Waals surface area contributed by atoms with E-state index in [-0.39, 0.29) is 17.8 Å². The topological polar surface area (TPSA) is 86.4 Å². The van der Waals surface area contributed by atoms with Gasteiger partial charge in [0.05, 0.1) is 17.6 Å². The number of amides is 1. The number of nitrogens with zero attached hydrogens (tertiary/aromatic N) is 3. The minimum atomic E-state index is -3.36. The molecule has 7 nitrogen and oxygen atoms in total. The van der Waals surface area contributed by atoms with Gasteiger partial charge in [0.2, 0.25) is 10.0 Å². The van der Waals surface area contributed by atoms with Crippen molar-refractivity contribution in [2.45, 2.75) is 32.2 Å². The highest BCUT2D eigenvalue weighted by Gasteiger charge is 2.33. The Morgan fingerprint density at radius 3 is 2.76 bits per heavy atom. The second-order valence-corrected chi connectivity index (χ2v) is 10.4. The normalized spacial score (nSPS) is 15.5.